The van der Waals surface area contributed by atoms with Crippen molar-refractivity contribution < 1.29 is 24.2 Å². The molecule has 6 heteroatoms. The number of esters is 1. The molecule has 6 nitrogen and oxygen atoms in total. The number of hydrogen-bond donors (Lipinski definition) is 2. The van der Waals surface area contributed by atoms with E-state index in [-0.39, 0.29) is 12.8 Å². The van der Waals surface area contributed by atoms with Crippen LogP contribution >= 0.6 is 0 Å². The molecule has 0 saturated carbocycles. The number of carboxylic acid groups (broad SMARTS) is 1. The highest BCUT2D eigenvalue weighted by atomic mass is 16.6. The van der Waals surface area contributed by atoms with E-state index in [1.165, 1.54) is 0 Å². The van der Waals surface area contributed by atoms with E-state index in [1.807, 2.05) is 0 Å². The first-order chi connectivity index (χ1) is 7.13. The Labute approximate surface area is 93.8 Å². The average molecular weight is 231 g/mol. The second kappa shape index (κ2) is 5.60. The second-order valence-corrected chi connectivity index (χ2v) is 4.40. The number of carbonyl (C=O) groups excluding carboxylic acids is 2. The van der Waals surface area contributed by atoms with Crippen LogP contribution in [0, 0.1) is 0 Å². The molecule has 0 saturated heterocycles. The lowest BCUT2D eigenvalue weighted by atomic mass is 10.1. The summed E-state index contributed by atoms with van der Waals surface area (Å²) in [5, 5.41) is 8.36. The summed E-state index contributed by atoms with van der Waals surface area (Å²) in [4.78, 5) is 32.4. The van der Waals surface area contributed by atoms with Crippen molar-refractivity contribution in [2.45, 2.75) is 45.3 Å². The molecule has 0 aromatic rings. The summed E-state index contributed by atoms with van der Waals surface area (Å²) in [6.45, 7) is 5.15. The SMILES string of the molecule is CC(C)(C)OC(=O)CCC(N)C(=O)C(=O)O. The van der Waals surface area contributed by atoms with Gasteiger partial charge in [0.05, 0.1) is 6.04 Å². The standard InChI is InChI=1S/C10H17NO5/c1-10(2,3)16-7(12)5-4-6(11)8(13)9(14)15/h6H,4-5,11H2,1-3H3,(H,14,15). The van der Waals surface area contributed by atoms with Crippen LogP contribution in [0.2, 0.25) is 0 Å². The van der Waals surface area contributed by atoms with E-state index in [2.05, 4.69) is 0 Å². The van der Waals surface area contributed by atoms with Gasteiger partial charge in [-0.2, -0.15) is 0 Å². The van der Waals surface area contributed by atoms with Crippen LogP contribution in [0.1, 0.15) is 33.6 Å². The van der Waals surface area contributed by atoms with Crippen LogP contribution in [0.4, 0.5) is 0 Å². The third kappa shape index (κ3) is 6.13. The number of nitrogens with two attached hydrogens (primary N) is 1. The van der Waals surface area contributed by atoms with Crippen molar-refractivity contribution in [1.82, 2.24) is 0 Å². The number of Topliss-reactive ketones (excluding diaryl/α,β-unsaturated/α-hetero) is 1. The Morgan fingerprint density at radius 2 is 1.81 bits per heavy atom. The first-order valence-corrected chi connectivity index (χ1v) is 4.88. The molecule has 0 fully saturated rings. The summed E-state index contributed by atoms with van der Waals surface area (Å²) >= 11 is 0. The molecule has 92 valence electrons. The Morgan fingerprint density at radius 3 is 2.19 bits per heavy atom. The molecule has 0 aromatic heterocycles. The summed E-state index contributed by atoms with van der Waals surface area (Å²) in [5.74, 6) is -3.18. The summed E-state index contributed by atoms with van der Waals surface area (Å²) in [6, 6.07) is -1.16. The van der Waals surface area contributed by atoms with Crippen LogP contribution in [0.15, 0.2) is 0 Å². The number of aliphatic carboxylic acids is 1. The molecule has 0 bridgehead atoms. The predicted molar refractivity (Wildman–Crippen MR) is 55.7 cm³/mol. The number of ketones is 1. The number of ether oxygens (including phenoxy) is 1. The van der Waals surface area contributed by atoms with E-state index < -0.39 is 29.4 Å². The summed E-state index contributed by atoms with van der Waals surface area (Å²) in [6.07, 6.45) is -0.0997. The molecular weight excluding hydrogens is 214 g/mol. The molecule has 0 heterocycles. The lowest BCUT2D eigenvalue weighted by Gasteiger charge is -2.19. The van der Waals surface area contributed by atoms with Gasteiger partial charge in [0.2, 0.25) is 0 Å². The fourth-order valence-corrected chi connectivity index (χ4v) is 0.956. The van der Waals surface area contributed by atoms with E-state index in [4.69, 9.17) is 15.6 Å². The van der Waals surface area contributed by atoms with Crippen molar-refractivity contribution in [3.63, 3.8) is 0 Å². The average Bonchev–Trinajstić information content (AvgIpc) is 2.09. The van der Waals surface area contributed by atoms with Gasteiger partial charge in [0.1, 0.15) is 5.60 Å². The molecule has 0 radical (unpaired) electrons. The van der Waals surface area contributed by atoms with Gasteiger partial charge in [-0.15, -0.1) is 0 Å². The zero-order chi connectivity index (χ0) is 12.9. The van der Waals surface area contributed by atoms with E-state index in [0.29, 0.717) is 0 Å². The predicted octanol–water partition coefficient (Wildman–Crippen LogP) is 0.0893. The minimum atomic E-state index is -1.59. The topological polar surface area (TPSA) is 107 Å². The van der Waals surface area contributed by atoms with E-state index in [1.54, 1.807) is 20.8 Å². The lowest BCUT2D eigenvalue weighted by Crippen LogP contribution is -2.36. The van der Waals surface area contributed by atoms with Crippen molar-refractivity contribution in [1.29, 1.82) is 0 Å². The van der Waals surface area contributed by atoms with Gasteiger partial charge in [-0.25, -0.2) is 4.79 Å². The van der Waals surface area contributed by atoms with Gasteiger partial charge in [-0.05, 0) is 27.2 Å². The maximum atomic E-state index is 11.2. The van der Waals surface area contributed by atoms with Crippen molar-refractivity contribution in [3.05, 3.63) is 0 Å². The molecular formula is C10H17NO5. The van der Waals surface area contributed by atoms with E-state index in [9.17, 15) is 14.4 Å². The molecule has 0 spiro atoms. The largest absolute Gasteiger partial charge is 0.475 e. The van der Waals surface area contributed by atoms with Crippen molar-refractivity contribution in [2.24, 2.45) is 5.73 Å². The van der Waals surface area contributed by atoms with Crippen molar-refractivity contribution in [3.8, 4) is 0 Å². The van der Waals surface area contributed by atoms with Crippen LogP contribution in [-0.2, 0) is 19.1 Å². The molecule has 16 heavy (non-hydrogen) atoms. The number of hydrogen-bond acceptors (Lipinski definition) is 5. The van der Waals surface area contributed by atoms with Crippen LogP contribution in [0.5, 0.6) is 0 Å². The normalized spacial score (nSPS) is 13.0. The van der Waals surface area contributed by atoms with Gasteiger partial charge in [0.15, 0.2) is 0 Å². The van der Waals surface area contributed by atoms with Crippen LogP contribution < -0.4 is 5.73 Å². The summed E-state index contributed by atoms with van der Waals surface area (Å²) in [7, 11) is 0. The molecule has 0 amide bonds. The number of rotatable bonds is 5. The monoisotopic (exact) mass is 231 g/mol. The van der Waals surface area contributed by atoms with E-state index in [0.717, 1.165) is 0 Å². The smallest absolute Gasteiger partial charge is 0.373 e. The molecule has 3 N–H and O–H groups in total. The molecule has 1 unspecified atom stereocenters. The van der Waals surface area contributed by atoms with Gasteiger partial charge in [-0.1, -0.05) is 0 Å². The van der Waals surface area contributed by atoms with Gasteiger partial charge >= 0.3 is 11.9 Å². The molecule has 0 aromatic carbocycles. The van der Waals surface area contributed by atoms with Gasteiger partial charge < -0.3 is 15.6 Å². The fourth-order valence-electron chi connectivity index (χ4n) is 0.956. The van der Waals surface area contributed by atoms with Gasteiger partial charge in [-0.3, -0.25) is 9.59 Å². The molecule has 1 atom stereocenters. The minimum absolute atomic E-state index is 0.0277. The summed E-state index contributed by atoms with van der Waals surface area (Å²) < 4.78 is 4.98. The zero-order valence-electron chi connectivity index (χ0n) is 9.65. The highest BCUT2D eigenvalue weighted by molar-refractivity contribution is 6.34. The Kier molecular flexibility index (Phi) is 5.10. The number of carbonyl (C=O) groups is 3. The van der Waals surface area contributed by atoms with Crippen LogP contribution in [0.3, 0.4) is 0 Å². The Hall–Kier alpha value is -1.43. The van der Waals surface area contributed by atoms with Crippen LogP contribution in [0.25, 0.3) is 0 Å². The van der Waals surface area contributed by atoms with E-state index >= 15 is 0 Å². The third-order valence-electron chi connectivity index (χ3n) is 1.63. The Morgan fingerprint density at radius 1 is 1.31 bits per heavy atom. The van der Waals surface area contributed by atoms with Gasteiger partial charge in [0.25, 0.3) is 5.78 Å². The lowest BCUT2D eigenvalue weighted by molar-refractivity contribution is -0.155. The van der Waals surface area contributed by atoms with Gasteiger partial charge in [0, 0.05) is 6.42 Å². The maximum Gasteiger partial charge on any atom is 0.373 e. The van der Waals surface area contributed by atoms with Crippen LogP contribution in [-0.4, -0.2) is 34.5 Å². The maximum absolute atomic E-state index is 11.2. The second-order valence-electron chi connectivity index (χ2n) is 4.40. The molecule has 0 aliphatic heterocycles. The molecule has 0 aliphatic rings. The fraction of sp³-hybridized carbons (Fsp3) is 0.700. The van der Waals surface area contributed by atoms with Crippen molar-refractivity contribution in [2.75, 3.05) is 0 Å². The van der Waals surface area contributed by atoms with Crippen molar-refractivity contribution >= 4 is 17.7 Å². The highest BCUT2D eigenvalue weighted by Crippen LogP contribution is 2.09. The molecule has 0 aliphatic carbocycles. The first-order valence-electron chi connectivity index (χ1n) is 4.88. The Bertz CT molecular complexity index is 292. The number of carboxylic acids is 1. The highest BCUT2D eigenvalue weighted by Gasteiger charge is 2.23. The third-order valence-corrected chi connectivity index (χ3v) is 1.63. The summed E-state index contributed by atoms with van der Waals surface area (Å²) in [5.41, 5.74) is 4.69. The Balaban J connectivity index is 4.02. The minimum Gasteiger partial charge on any atom is -0.475 e. The zero-order valence-corrected chi connectivity index (χ0v) is 9.65. The quantitative estimate of drug-likeness (QED) is 0.513. The molecule has 0 rings (SSSR count). The first kappa shape index (κ1) is 14.6.